The van der Waals surface area contributed by atoms with Crippen molar-refractivity contribution in [1.82, 2.24) is 41.0 Å². The van der Waals surface area contributed by atoms with Gasteiger partial charge in [0, 0.05) is 68.2 Å². The Balaban J connectivity index is 0.788. The van der Waals surface area contributed by atoms with Crippen molar-refractivity contribution in [3.05, 3.63) is 112 Å². The zero-order valence-electron chi connectivity index (χ0n) is 53.0. The molecule has 7 N–H and O–H groups in total. The van der Waals surface area contributed by atoms with Crippen LogP contribution in [0, 0.1) is 17.8 Å². The quantitative estimate of drug-likeness (QED) is 0.0212. The lowest BCUT2D eigenvalue weighted by Crippen LogP contribution is -2.58. The summed E-state index contributed by atoms with van der Waals surface area (Å²) in [6, 6.07) is 17.8. The lowest BCUT2D eigenvalue weighted by Gasteiger charge is -2.38. The summed E-state index contributed by atoms with van der Waals surface area (Å²) in [5.74, 6) is -2.91. The number of ether oxygens (including phenoxy) is 1. The molecule has 3 fully saturated rings. The smallest absolute Gasteiger partial charge is 0.391 e. The molecule has 0 aliphatic carbocycles. The minimum atomic E-state index is -5.86. The number of aliphatic hydroxyl groups excluding tert-OH is 1. The molecule has 20 nitrogen and oxygen atoms in total. The highest BCUT2D eigenvalue weighted by Crippen LogP contribution is 2.59. The fourth-order valence-corrected chi connectivity index (χ4v) is 14.4. The molecule has 0 saturated carbocycles. The van der Waals surface area contributed by atoms with Crippen molar-refractivity contribution < 1.29 is 66.5 Å². The minimum Gasteiger partial charge on any atom is -0.391 e. The average Bonchev–Trinajstić information content (AvgIpc) is 1.90. The zero-order valence-corrected chi connectivity index (χ0v) is 55.6. The summed E-state index contributed by atoms with van der Waals surface area (Å²) >= 11 is 2.51. The van der Waals surface area contributed by atoms with Crippen LogP contribution >= 0.6 is 30.3 Å². The lowest BCUT2D eigenvalue weighted by atomic mass is 9.85. The fourth-order valence-electron chi connectivity index (χ4n) is 12.1. The molecule has 3 aliphatic rings. The van der Waals surface area contributed by atoms with E-state index in [0.717, 1.165) is 89.3 Å². The summed E-state index contributed by atoms with van der Waals surface area (Å²) in [6.07, 6.45) is 4.90. The first-order valence-electron chi connectivity index (χ1n) is 31.3. The van der Waals surface area contributed by atoms with Gasteiger partial charge in [-0.3, -0.25) is 38.1 Å². The van der Waals surface area contributed by atoms with E-state index in [-0.39, 0.29) is 84.8 Å². The van der Waals surface area contributed by atoms with Crippen LogP contribution in [0.4, 0.5) is 8.78 Å². The van der Waals surface area contributed by atoms with Gasteiger partial charge in [-0.05, 0) is 90.6 Å². The number of β-amino-alcohol motifs (C(OH)–C–C–N with tert-alkyl or cyclic N) is 1. The molecule has 5 aromatic rings. The number of nitrogens with one attached hydrogen (secondary N) is 4. The van der Waals surface area contributed by atoms with Crippen LogP contribution in [0.15, 0.2) is 84.4 Å². The number of carbonyl (C=O) groups is 7. The molecule has 2 aromatic heterocycles. The van der Waals surface area contributed by atoms with Crippen molar-refractivity contribution >= 4 is 81.7 Å². The fraction of sp³-hybridized carbons (Fsp3) is 0.545. The van der Waals surface area contributed by atoms with E-state index < -0.39 is 83.7 Å². The number of aliphatic hydroxyl groups is 1. The SMILES string of the molecule is Cc1ncsc1-c1ccc([C@H](C)NC(=O)[C@@H]2C[C@@H](O)CN2C(=O)[C@@H](NC(=O)CCCCCCCCNC(=O)CO[C@H]2C[C@@H](C(=O)N3CCC[C@H](c4ccccc4)C3)N(C(=O)[C@@H](NC(=O)c3cc4cc(C(F)(F)P(=O)(O)O)ccc4s3)C(C)(C)C)C2)C(C)(C)C)cc1. The summed E-state index contributed by atoms with van der Waals surface area (Å²) < 4.78 is 47.4. The number of amides is 7. The maximum Gasteiger partial charge on any atom is 0.399 e. The second kappa shape index (κ2) is 30.0. The number of nitrogens with zero attached hydrogens (tertiary/aromatic N) is 4. The number of likely N-dealkylation sites (tertiary alicyclic amines) is 3. The number of thiophene rings is 1. The highest BCUT2D eigenvalue weighted by atomic mass is 32.1. The van der Waals surface area contributed by atoms with E-state index in [4.69, 9.17) is 4.74 Å². The van der Waals surface area contributed by atoms with Gasteiger partial charge >= 0.3 is 13.3 Å². The molecule has 3 saturated heterocycles. The number of thiazole rings is 1. The monoisotopic (exact) mass is 1320 g/mol. The lowest BCUT2D eigenvalue weighted by molar-refractivity contribution is -0.147. The van der Waals surface area contributed by atoms with Crippen LogP contribution in [0.3, 0.4) is 0 Å². The molecule has 0 radical (unpaired) electrons. The molecule has 8 rings (SSSR count). The first-order valence-corrected chi connectivity index (χ1v) is 34.6. The summed E-state index contributed by atoms with van der Waals surface area (Å²) in [5.41, 5.74) is -1.23. The van der Waals surface area contributed by atoms with Crippen LogP contribution < -0.4 is 21.3 Å². The van der Waals surface area contributed by atoms with Gasteiger partial charge < -0.3 is 55.6 Å². The highest BCUT2D eigenvalue weighted by molar-refractivity contribution is 7.52. The van der Waals surface area contributed by atoms with Crippen molar-refractivity contribution in [3.8, 4) is 10.4 Å². The molecular weight excluding hydrogens is 1230 g/mol. The number of fused-ring (bicyclic) bond motifs is 1. The van der Waals surface area contributed by atoms with Gasteiger partial charge in [-0.25, -0.2) is 4.98 Å². The molecule has 7 amide bonds. The molecule has 91 heavy (non-hydrogen) atoms. The van der Waals surface area contributed by atoms with E-state index in [1.807, 2.05) is 89.2 Å². The van der Waals surface area contributed by atoms with Crippen LogP contribution in [-0.4, -0.2) is 152 Å². The van der Waals surface area contributed by atoms with Crippen molar-refractivity contribution in [1.29, 1.82) is 0 Å². The van der Waals surface area contributed by atoms with Crippen LogP contribution in [0.25, 0.3) is 20.5 Å². The number of benzene rings is 3. The topological polar surface area (TPSA) is 277 Å². The molecule has 3 aromatic carbocycles. The van der Waals surface area contributed by atoms with Gasteiger partial charge in [0.05, 0.1) is 39.2 Å². The Bertz CT molecular complexity index is 3440. The Labute approximate surface area is 538 Å². The second-order valence-electron chi connectivity index (χ2n) is 26.5. The van der Waals surface area contributed by atoms with Crippen molar-refractivity contribution in [3.63, 3.8) is 0 Å². The number of aromatic nitrogens is 1. The summed E-state index contributed by atoms with van der Waals surface area (Å²) in [5, 5.41) is 22.6. The van der Waals surface area contributed by atoms with E-state index in [2.05, 4.69) is 26.3 Å². The van der Waals surface area contributed by atoms with Gasteiger partial charge in [-0.1, -0.05) is 128 Å². The van der Waals surface area contributed by atoms with Crippen LogP contribution in [0.2, 0.25) is 0 Å². The van der Waals surface area contributed by atoms with Gasteiger partial charge in [0.2, 0.25) is 35.4 Å². The first-order chi connectivity index (χ1) is 42.9. The third-order valence-electron chi connectivity index (χ3n) is 17.3. The third-order valence-corrected chi connectivity index (χ3v) is 20.4. The second-order valence-corrected chi connectivity index (χ2v) is 30.1. The van der Waals surface area contributed by atoms with Gasteiger partial charge in [-0.2, -0.15) is 8.78 Å². The molecule has 0 bridgehead atoms. The van der Waals surface area contributed by atoms with Gasteiger partial charge in [0.15, 0.2) is 0 Å². The summed E-state index contributed by atoms with van der Waals surface area (Å²) in [6.45, 7) is 15.5. The van der Waals surface area contributed by atoms with Crippen molar-refractivity contribution in [2.24, 2.45) is 10.8 Å². The number of aryl methyl sites for hydroxylation is 1. The largest absolute Gasteiger partial charge is 0.399 e. The molecule has 8 atom stereocenters. The van der Waals surface area contributed by atoms with E-state index in [1.54, 1.807) is 42.5 Å². The maximum absolute atomic E-state index is 14.9. The van der Waals surface area contributed by atoms with E-state index in [0.29, 0.717) is 37.2 Å². The molecule has 5 heterocycles. The minimum absolute atomic E-state index is 0.0307. The molecule has 3 aliphatic heterocycles. The predicted octanol–water partition coefficient (Wildman–Crippen LogP) is 9.31. The Kier molecular flexibility index (Phi) is 23.2. The van der Waals surface area contributed by atoms with Crippen LogP contribution in [0.1, 0.15) is 163 Å². The Morgan fingerprint density at radius 3 is 2.07 bits per heavy atom. The number of hydrogen-bond acceptors (Lipinski definition) is 13. The third kappa shape index (κ3) is 17.8. The molecular formula is C66H87F2N8O12PS2. The van der Waals surface area contributed by atoms with E-state index in [9.17, 15) is 61.8 Å². The molecule has 494 valence electrons. The number of alkyl halides is 2. The number of halogens is 2. The Morgan fingerprint density at radius 1 is 0.769 bits per heavy atom. The number of rotatable bonds is 25. The Morgan fingerprint density at radius 2 is 1.42 bits per heavy atom. The first kappa shape index (κ1) is 70.3. The number of hydrogen-bond donors (Lipinski definition) is 7. The van der Waals surface area contributed by atoms with Crippen molar-refractivity contribution in [2.75, 3.05) is 39.3 Å². The van der Waals surface area contributed by atoms with Crippen LogP contribution in [-0.2, 0) is 43.7 Å². The molecule has 25 heteroatoms. The normalized spacial score (nSPS) is 20.1. The predicted molar refractivity (Wildman–Crippen MR) is 345 cm³/mol. The van der Waals surface area contributed by atoms with Crippen LogP contribution in [0.5, 0.6) is 0 Å². The summed E-state index contributed by atoms with van der Waals surface area (Å²) in [4.78, 5) is 127. The zero-order chi connectivity index (χ0) is 66.2. The van der Waals surface area contributed by atoms with Gasteiger partial charge in [-0.15, -0.1) is 22.7 Å². The van der Waals surface area contributed by atoms with Crippen molar-refractivity contribution in [2.45, 2.75) is 180 Å². The van der Waals surface area contributed by atoms with Gasteiger partial charge in [0.25, 0.3) is 5.91 Å². The number of piperidine rings is 1. The molecule has 0 unspecified atom stereocenters. The average molecular weight is 1320 g/mol. The Hall–Kier alpha value is -6.53. The highest BCUT2D eigenvalue weighted by Gasteiger charge is 2.51. The number of carbonyl (C=O) groups excluding carboxylic acids is 7. The number of unbranched alkanes of at least 4 members (excludes halogenated alkanes) is 5. The van der Waals surface area contributed by atoms with E-state index >= 15 is 0 Å². The van der Waals surface area contributed by atoms with E-state index in [1.165, 1.54) is 21.9 Å². The summed E-state index contributed by atoms with van der Waals surface area (Å²) in [7, 11) is -5.86. The maximum atomic E-state index is 14.9. The van der Waals surface area contributed by atoms with Gasteiger partial charge in [0.1, 0.15) is 30.8 Å². The molecule has 0 spiro atoms. The standard InChI is InChI=1S/C66H87F2N8O12PS2/c1-40(42-23-25-44(26-24-42)56-41(2)70-39-90-56)71-59(80)50-33-48(77)36-75(50)62(83)57(64(3,4)5)72-54(78)22-16-11-9-10-12-17-29-69-55(79)38-88-49-34-51(61(82)74-30-18-21-45(35-74)43-19-14-13-15-20-43)76(37-49)63(84)58(65(6,7)8)73-60(81)53-32-46-31-47(27-28-52(46)91-53)66(67,68)89(85,86)87/h13-15,19-20,23-28,31-32,39-40,45,48-51,57-58,77H,9-12,16-18,21-22,29-30,33-38H2,1-8H3,(H,69,79)(H,71,80)(H,72,78)(H,73,81)(H2,85,86,87)/t40-,45-,48+,49-,50-,51-,57+,58+/m0/s1.